The number of H-pyrrole nitrogens is 1. The highest BCUT2D eigenvalue weighted by atomic mass is 31.2. The van der Waals surface area contributed by atoms with E-state index in [4.69, 9.17) is 29.1 Å². The van der Waals surface area contributed by atoms with Crippen LogP contribution in [0.1, 0.15) is 6.23 Å². The first-order chi connectivity index (χ1) is 11.5. The molecule has 2 aromatic rings. The van der Waals surface area contributed by atoms with Gasteiger partial charge in [0.15, 0.2) is 23.5 Å². The average molecular weight is 380 g/mol. The molecule has 0 aliphatic carbocycles. The van der Waals surface area contributed by atoms with Crippen LogP contribution >= 0.6 is 7.82 Å². The number of hydrogen-bond acceptors (Lipinski definition) is 8. The van der Waals surface area contributed by atoms with Gasteiger partial charge < -0.3 is 39.7 Å². The topological polar surface area (TPSA) is 228 Å². The van der Waals surface area contributed by atoms with Gasteiger partial charge in [-0.1, -0.05) is 0 Å². The largest absolute Gasteiger partial charge is 0.479 e. The van der Waals surface area contributed by atoms with E-state index in [0.717, 1.165) is 6.33 Å². The fraction of sp³-hybridized carbons (Fsp3) is 0.400. The van der Waals surface area contributed by atoms with Gasteiger partial charge in [-0.2, -0.15) is 0 Å². The van der Waals surface area contributed by atoms with E-state index >= 15 is 0 Å². The van der Waals surface area contributed by atoms with Crippen LogP contribution < -0.4 is 5.56 Å². The van der Waals surface area contributed by atoms with E-state index in [1.54, 1.807) is 0 Å². The smallest absolute Gasteiger partial charge is 0.466 e. The van der Waals surface area contributed by atoms with E-state index in [1.165, 1.54) is 10.9 Å². The fourth-order valence-corrected chi connectivity index (χ4v) is 2.14. The van der Waals surface area contributed by atoms with Crippen LogP contribution in [0.4, 0.5) is 0 Å². The van der Waals surface area contributed by atoms with Gasteiger partial charge in [0.2, 0.25) is 0 Å². The third-order valence-corrected chi connectivity index (χ3v) is 3.12. The van der Waals surface area contributed by atoms with E-state index < -0.39 is 43.9 Å². The van der Waals surface area contributed by atoms with Crippen molar-refractivity contribution >= 4 is 25.0 Å². The van der Waals surface area contributed by atoms with Gasteiger partial charge in [-0.3, -0.25) is 9.36 Å². The summed E-state index contributed by atoms with van der Waals surface area (Å²) in [5, 5.41) is 28.4. The van der Waals surface area contributed by atoms with Crippen LogP contribution in [0.25, 0.3) is 11.2 Å². The second-order valence-corrected chi connectivity index (χ2v) is 5.86. The van der Waals surface area contributed by atoms with Gasteiger partial charge >= 0.3 is 13.8 Å². The molecule has 0 amide bonds. The molecule has 1 aliphatic rings. The van der Waals surface area contributed by atoms with Crippen LogP contribution in [0.3, 0.4) is 0 Å². The van der Waals surface area contributed by atoms with Crippen molar-refractivity contribution in [2.75, 3.05) is 0 Å². The zero-order valence-electron chi connectivity index (χ0n) is 12.1. The molecular weight excluding hydrogens is 367 g/mol. The maximum Gasteiger partial charge on any atom is 0.466 e. The molecule has 0 radical (unpaired) electrons. The van der Waals surface area contributed by atoms with Crippen LogP contribution in [0.5, 0.6) is 0 Å². The van der Waals surface area contributed by atoms with Gasteiger partial charge in [0.05, 0.1) is 12.7 Å². The predicted molar refractivity (Wildman–Crippen MR) is 76.0 cm³/mol. The SMILES string of the molecule is O=C(O)[C@H]1O[C@@H](n2cnc3c(=O)[nH]cnc32)[C@H](O)[C@@H]1O.O=P(O)(O)O. The summed E-state index contributed by atoms with van der Waals surface area (Å²) in [6, 6.07) is 0. The number of fused-ring (bicyclic) bond motifs is 1. The fourth-order valence-electron chi connectivity index (χ4n) is 2.14. The minimum Gasteiger partial charge on any atom is -0.479 e. The summed E-state index contributed by atoms with van der Waals surface area (Å²) in [5.41, 5.74) is -0.329. The highest BCUT2D eigenvalue weighted by Gasteiger charge is 2.47. The van der Waals surface area contributed by atoms with E-state index in [2.05, 4.69) is 15.0 Å². The van der Waals surface area contributed by atoms with Gasteiger partial charge in [0, 0.05) is 0 Å². The Kier molecular flexibility index (Phi) is 5.34. The van der Waals surface area contributed by atoms with Crippen molar-refractivity contribution < 1.29 is 44.1 Å². The summed E-state index contributed by atoms with van der Waals surface area (Å²) >= 11 is 0. The third kappa shape index (κ3) is 4.26. The number of carbonyl (C=O) groups is 1. The van der Waals surface area contributed by atoms with Gasteiger partial charge in [0.1, 0.15) is 12.2 Å². The number of carboxylic acid groups (broad SMARTS) is 1. The van der Waals surface area contributed by atoms with E-state index in [-0.39, 0.29) is 11.2 Å². The minimum absolute atomic E-state index is 0.0246. The molecule has 1 aliphatic heterocycles. The molecule has 138 valence electrons. The van der Waals surface area contributed by atoms with Gasteiger partial charge in [-0.05, 0) is 0 Å². The van der Waals surface area contributed by atoms with Crippen LogP contribution in [0.15, 0.2) is 17.4 Å². The van der Waals surface area contributed by atoms with E-state index in [0.29, 0.717) is 0 Å². The Morgan fingerprint density at radius 3 is 2.36 bits per heavy atom. The van der Waals surface area contributed by atoms with Crippen molar-refractivity contribution in [1.29, 1.82) is 0 Å². The van der Waals surface area contributed by atoms with Crippen molar-refractivity contribution in [2.45, 2.75) is 24.5 Å². The lowest BCUT2D eigenvalue weighted by atomic mass is 10.1. The van der Waals surface area contributed by atoms with E-state index in [9.17, 15) is 19.8 Å². The normalized spacial score (nSPS) is 26.3. The summed E-state index contributed by atoms with van der Waals surface area (Å²) in [5.74, 6) is -1.39. The number of phosphoric acid groups is 1. The lowest BCUT2D eigenvalue weighted by Crippen LogP contribution is -2.35. The van der Waals surface area contributed by atoms with Gasteiger partial charge in [-0.15, -0.1) is 0 Å². The van der Waals surface area contributed by atoms with Crippen molar-refractivity contribution in [2.24, 2.45) is 0 Å². The molecule has 3 heterocycles. The number of rotatable bonds is 2. The zero-order chi connectivity index (χ0) is 18.9. The third-order valence-electron chi connectivity index (χ3n) is 3.12. The molecule has 2 aromatic heterocycles. The van der Waals surface area contributed by atoms with Crippen molar-refractivity contribution in [3.05, 3.63) is 23.0 Å². The number of aromatic amines is 1. The Labute approximate surface area is 137 Å². The number of nitrogens with zero attached hydrogens (tertiary/aromatic N) is 3. The number of hydrogen-bond donors (Lipinski definition) is 7. The van der Waals surface area contributed by atoms with Crippen LogP contribution in [0, 0.1) is 0 Å². The van der Waals surface area contributed by atoms with Crippen molar-refractivity contribution in [3.8, 4) is 0 Å². The standard InChI is InChI=1S/C10H10N4O6.H3O4P/c15-4-5(16)9(20-6(4)10(18)19)14-2-13-3-7(14)11-1-12-8(3)17;1-5(2,3)4/h1-2,4-6,9,15-16H,(H,18,19)(H,11,12,17);(H3,1,2,3,4)/t4-,5+,6-,9+;/m0./s1. The molecule has 0 unspecified atom stereocenters. The van der Waals surface area contributed by atoms with Crippen molar-refractivity contribution in [3.63, 3.8) is 0 Å². The Bertz CT molecular complexity index is 866. The molecule has 0 bridgehead atoms. The second-order valence-electron chi connectivity index (χ2n) is 4.84. The molecule has 0 spiro atoms. The van der Waals surface area contributed by atoms with Crippen LogP contribution in [-0.4, -0.2) is 73.8 Å². The summed E-state index contributed by atoms with van der Waals surface area (Å²) in [6.07, 6.45) is -3.47. The number of aliphatic hydroxyl groups excluding tert-OH is 2. The number of carboxylic acids is 1. The Balaban J connectivity index is 0.000000399. The molecule has 1 saturated heterocycles. The maximum atomic E-state index is 11.5. The summed E-state index contributed by atoms with van der Waals surface area (Å²) in [4.78, 5) is 54.0. The number of aromatic nitrogens is 4. The number of aliphatic carboxylic acids is 1. The summed E-state index contributed by atoms with van der Waals surface area (Å²) < 4.78 is 15.2. The first-order valence-corrected chi connectivity index (χ1v) is 8.00. The number of ether oxygens (including phenoxy) is 1. The quantitative estimate of drug-likeness (QED) is 0.257. The second kappa shape index (κ2) is 6.97. The van der Waals surface area contributed by atoms with E-state index in [1.807, 2.05) is 0 Å². The molecule has 15 heteroatoms. The summed E-state index contributed by atoms with van der Waals surface area (Å²) in [6.45, 7) is 0. The molecule has 7 N–H and O–H groups in total. The average Bonchev–Trinajstić information content (AvgIpc) is 3.01. The molecule has 3 rings (SSSR count). The first-order valence-electron chi connectivity index (χ1n) is 6.43. The Hall–Kier alpha value is -2.19. The monoisotopic (exact) mass is 380 g/mol. The summed E-state index contributed by atoms with van der Waals surface area (Å²) in [7, 11) is -4.64. The highest BCUT2D eigenvalue weighted by molar-refractivity contribution is 7.45. The predicted octanol–water partition coefficient (Wildman–Crippen LogP) is -3.11. The molecular formula is C10H13N4O10P. The van der Waals surface area contributed by atoms with Crippen molar-refractivity contribution in [1.82, 2.24) is 19.5 Å². The minimum atomic E-state index is -4.64. The van der Waals surface area contributed by atoms with Gasteiger partial charge in [0.25, 0.3) is 5.56 Å². The molecule has 25 heavy (non-hydrogen) atoms. The molecule has 14 nitrogen and oxygen atoms in total. The van der Waals surface area contributed by atoms with Gasteiger partial charge in [-0.25, -0.2) is 19.3 Å². The zero-order valence-corrected chi connectivity index (χ0v) is 13.0. The molecule has 1 fully saturated rings. The first kappa shape index (κ1) is 19.1. The molecule has 4 atom stereocenters. The van der Waals surface area contributed by atoms with Crippen LogP contribution in [-0.2, 0) is 14.1 Å². The molecule has 0 aromatic carbocycles. The number of aliphatic hydroxyl groups is 2. The Morgan fingerprint density at radius 2 is 1.84 bits per heavy atom. The van der Waals surface area contributed by atoms with Crippen LogP contribution in [0.2, 0.25) is 0 Å². The highest BCUT2D eigenvalue weighted by Crippen LogP contribution is 2.30. The maximum absolute atomic E-state index is 11.5. The lowest BCUT2D eigenvalue weighted by Gasteiger charge is -2.15. The lowest BCUT2D eigenvalue weighted by molar-refractivity contribution is -0.155. The number of nitrogens with one attached hydrogen (secondary N) is 1. The molecule has 0 saturated carbocycles. The Morgan fingerprint density at radius 1 is 1.24 bits per heavy atom. The number of imidazole rings is 1.